The SMILES string of the molecule is CCCCCCCCCCCCCCCCCCCCCCC(=O)OCC1OC(OC2CCC3(C)C(=CCC4C3CCC3(C)C(C(C)/C=C/C(CC)C(C)C)CCC43)C2)C(O)C(O)C1O. The van der Waals surface area contributed by atoms with Gasteiger partial charge in [0.25, 0.3) is 0 Å². The van der Waals surface area contributed by atoms with Gasteiger partial charge in [0.15, 0.2) is 6.29 Å². The summed E-state index contributed by atoms with van der Waals surface area (Å²) in [5.74, 6) is 4.62. The summed E-state index contributed by atoms with van der Waals surface area (Å²) in [5, 5.41) is 32.6. The lowest BCUT2D eigenvalue weighted by Crippen LogP contribution is -2.60. The Morgan fingerprint density at radius 3 is 1.88 bits per heavy atom. The molecule has 0 spiro atoms. The van der Waals surface area contributed by atoms with Crippen LogP contribution in [0, 0.1) is 52.3 Å². The Kier molecular flexibility index (Phi) is 23.4. The van der Waals surface area contributed by atoms with Gasteiger partial charge in [-0.05, 0) is 116 Å². The number of carbonyl (C=O) groups excluding carboxylic acids is 1. The van der Waals surface area contributed by atoms with Crippen molar-refractivity contribution in [2.75, 3.05) is 6.61 Å². The van der Waals surface area contributed by atoms with Crippen molar-refractivity contribution in [1.82, 2.24) is 0 Å². The Morgan fingerprint density at radius 1 is 0.723 bits per heavy atom. The second-order valence-corrected chi connectivity index (χ2v) is 23.2. The summed E-state index contributed by atoms with van der Waals surface area (Å²) in [5.41, 5.74) is 2.05. The summed E-state index contributed by atoms with van der Waals surface area (Å²) in [6, 6.07) is 0. The van der Waals surface area contributed by atoms with E-state index in [1.165, 1.54) is 147 Å². The highest BCUT2D eigenvalue weighted by Crippen LogP contribution is 2.67. The molecule has 1 aliphatic heterocycles. The molecule has 0 aromatic heterocycles. The normalized spacial score (nSPS) is 34.5. The first kappa shape index (κ1) is 54.7. The first-order valence-electron chi connectivity index (χ1n) is 28.2. The van der Waals surface area contributed by atoms with Crippen molar-refractivity contribution >= 4 is 5.97 Å². The van der Waals surface area contributed by atoms with Gasteiger partial charge in [0.2, 0.25) is 0 Å². The third kappa shape index (κ3) is 15.4. The summed E-state index contributed by atoms with van der Waals surface area (Å²) in [6.07, 6.45) is 38.3. The van der Waals surface area contributed by atoms with E-state index in [9.17, 15) is 20.1 Å². The highest BCUT2D eigenvalue weighted by molar-refractivity contribution is 5.69. The van der Waals surface area contributed by atoms with E-state index in [0.29, 0.717) is 35.5 Å². The van der Waals surface area contributed by atoms with Crippen LogP contribution in [0.25, 0.3) is 0 Å². The summed E-state index contributed by atoms with van der Waals surface area (Å²) in [4.78, 5) is 12.7. The van der Waals surface area contributed by atoms with E-state index < -0.39 is 30.7 Å². The summed E-state index contributed by atoms with van der Waals surface area (Å²) in [7, 11) is 0. The maximum atomic E-state index is 12.7. The molecule has 5 aliphatic rings. The van der Waals surface area contributed by atoms with E-state index >= 15 is 0 Å². The zero-order chi connectivity index (χ0) is 46.8. The quantitative estimate of drug-likeness (QED) is 0.0374. The first-order valence-corrected chi connectivity index (χ1v) is 28.2. The van der Waals surface area contributed by atoms with Gasteiger partial charge >= 0.3 is 5.97 Å². The Hall–Kier alpha value is -1.25. The van der Waals surface area contributed by atoms with E-state index in [0.717, 1.165) is 62.7 Å². The van der Waals surface area contributed by atoms with Gasteiger partial charge in [-0.1, -0.05) is 194 Å². The van der Waals surface area contributed by atoms with Crippen LogP contribution in [0.1, 0.15) is 241 Å². The minimum Gasteiger partial charge on any atom is -0.463 e. The van der Waals surface area contributed by atoms with Crippen molar-refractivity contribution in [3.63, 3.8) is 0 Å². The molecule has 3 saturated carbocycles. The predicted octanol–water partition coefficient (Wildman–Crippen LogP) is 14.4. The number of hydrogen-bond acceptors (Lipinski definition) is 7. The Morgan fingerprint density at radius 2 is 1.31 bits per heavy atom. The lowest BCUT2D eigenvalue weighted by Gasteiger charge is -2.58. The van der Waals surface area contributed by atoms with Gasteiger partial charge in [0.05, 0.1) is 6.10 Å². The third-order valence-electron chi connectivity index (χ3n) is 18.4. The third-order valence-corrected chi connectivity index (χ3v) is 18.4. The van der Waals surface area contributed by atoms with Crippen LogP contribution >= 0.6 is 0 Å². The molecular formula is C58H102O7. The molecule has 14 unspecified atom stereocenters. The zero-order valence-electron chi connectivity index (χ0n) is 43.1. The van der Waals surface area contributed by atoms with Gasteiger partial charge in [0.1, 0.15) is 31.0 Å². The highest BCUT2D eigenvalue weighted by atomic mass is 16.7. The van der Waals surface area contributed by atoms with Crippen LogP contribution in [0.5, 0.6) is 0 Å². The average molecular weight is 911 g/mol. The molecule has 1 heterocycles. The molecule has 0 bridgehead atoms. The van der Waals surface area contributed by atoms with Crippen molar-refractivity contribution in [2.45, 2.75) is 278 Å². The zero-order valence-corrected chi connectivity index (χ0v) is 43.1. The van der Waals surface area contributed by atoms with E-state index in [4.69, 9.17) is 14.2 Å². The van der Waals surface area contributed by atoms with Crippen molar-refractivity contribution in [3.05, 3.63) is 23.8 Å². The van der Waals surface area contributed by atoms with Crippen molar-refractivity contribution in [3.8, 4) is 0 Å². The molecule has 5 rings (SSSR count). The molecule has 0 aromatic carbocycles. The van der Waals surface area contributed by atoms with Crippen LogP contribution in [0.4, 0.5) is 0 Å². The fourth-order valence-corrected chi connectivity index (χ4v) is 14.1. The number of aliphatic hydroxyl groups excluding tert-OH is 3. The van der Waals surface area contributed by atoms with E-state index in [-0.39, 0.29) is 24.1 Å². The lowest BCUT2D eigenvalue weighted by atomic mass is 9.47. The van der Waals surface area contributed by atoms with Crippen LogP contribution in [0.15, 0.2) is 23.8 Å². The van der Waals surface area contributed by atoms with Gasteiger partial charge < -0.3 is 29.5 Å². The molecule has 0 aromatic rings. The average Bonchev–Trinajstić information content (AvgIpc) is 3.65. The molecular weight excluding hydrogens is 809 g/mol. The van der Waals surface area contributed by atoms with Crippen LogP contribution in [-0.4, -0.2) is 64.7 Å². The van der Waals surface area contributed by atoms with E-state index in [2.05, 4.69) is 66.7 Å². The molecule has 7 heteroatoms. The number of fused-ring (bicyclic) bond motifs is 5. The predicted molar refractivity (Wildman–Crippen MR) is 267 cm³/mol. The van der Waals surface area contributed by atoms with E-state index in [1.54, 1.807) is 0 Å². The van der Waals surface area contributed by atoms with Gasteiger partial charge in [-0.25, -0.2) is 0 Å². The van der Waals surface area contributed by atoms with Gasteiger partial charge in [-0.3, -0.25) is 4.79 Å². The number of hydrogen-bond donors (Lipinski definition) is 3. The minimum atomic E-state index is -1.45. The molecule has 0 amide bonds. The molecule has 376 valence electrons. The molecule has 7 nitrogen and oxygen atoms in total. The standard InChI is InChI=1S/C58H102O7/c1-8-10-11-12-13-14-15-16-17-18-19-20-21-22-23-24-25-26-27-28-29-52(59)63-41-51-53(60)54(61)55(62)56(65-51)64-46-36-38-57(6)45(40-46)32-33-47-49-35-34-48(58(49,7)39-37-50(47)57)43(5)30-31-44(9-2)42(3)4/h30-32,42-44,46-51,53-56,60-62H,8-29,33-41H2,1-7H3/b31-30+. The van der Waals surface area contributed by atoms with Crippen molar-refractivity contribution in [1.29, 1.82) is 0 Å². The number of ether oxygens (including phenoxy) is 3. The maximum absolute atomic E-state index is 12.7. The fraction of sp³-hybridized carbons (Fsp3) is 0.914. The summed E-state index contributed by atoms with van der Waals surface area (Å²) in [6.45, 7) is 16.8. The van der Waals surface area contributed by atoms with E-state index in [1.807, 2.05) is 0 Å². The topological polar surface area (TPSA) is 105 Å². The maximum Gasteiger partial charge on any atom is 0.305 e. The smallest absolute Gasteiger partial charge is 0.305 e. The van der Waals surface area contributed by atoms with Crippen LogP contribution < -0.4 is 0 Å². The van der Waals surface area contributed by atoms with Gasteiger partial charge in [-0.15, -0.1) is 0 Å². The molecule has 14 atom stereocenters. The Balaban J connectivity index is 0.953. The van der Waals surface area contributed by atoms with Gasteiger partial charge in [0, 0.05) is 6.42 Å². The number of esters is 1. The van der Waals surface area contributed by atoms with Crippen LogP contribution in [0.2, 0.25) is 0 Å². The monoisotopic (exact) mass is 911 g/mol. The minimum absolute atomic E-state index is 0.148. The molecule has 3 N–H and O–H groups in total. The van der Waals surface area contributed by atoms with Crippen LogP contribution in [0.3, 0.4) is 0 Å². The number of allylic oxidation sites excluding steroid dienone is 3. The highest BCUT2D eigenvalue weighted by Gasteiger charge is 2.59. The second kappa shape index (κ2) is 27.8. The molecule has 4 fully saturated rings. The summed E-state index contributed by atoms with van der Waals surface area (Å²) >= 11 is 0. The molecule has 65 heavy (non-hydrogen) atoms. The van der Waals surface area contributed by atoms with Crippen LogP contribution in [-0.2, 0) is 19.0 Å². The van der Waals surface area contributed by atoms with Crippen molar-refractivity contribution < 1.29 is 34.3 Å². The number of carbonyl (C=O) groups is 1. The fourth-order valence-electron chi connectivity index (χ4n) is 14.1. The van der Waals surface area contributed by atoms with Crippen molar-refractivity contribution in [2.24, 2.45) is 52.3 Å². The largest absolute Gasteiger partial charge is 0.463 e. The number of rotatable bonds is 30. The summed E-state index contributed by atoms with van der Waals surface area (Å²) < 4.78 is 18.1. The first-order chi connectivity index (χ1) is 31.3. The second-order valence-electron chi connectivity index (χ2n) is 23.2. The Bertz CT molecular complexity index is 1410. The molecule has 1 saturated heterocycles. The Labute approximate surface area is 399 Å². The van der Waals surface area contributed by atoms with Gasteiger partial charge in [-0.2, -0.15) is 0 Å². The molecule has 4 aliphatic carbocycles. The lowest BCUT2D eigenvalue weighted by molar-refractivity contribution is -0.313. The number of unbranched alkanes of at least 4 members (excludes halogenated alkanes) is 19. The number of aliphatic hydroxyl groups is 3. The molecule has 0 radical (unpaired) electrons.